The molecule has 564 valence electrons. The zero-order chi connectivity index (χ0) is 67.9. The molecule has 0 saturated heterocycles. The first-order chi connectivity index (χ1) is 47.0. The summed E-state index contributed by atoms with van der Waals surface area (Å²) in [5.74, 6) is 0.878. The minimum atomic E-state index is -4.69. The van der Waals surface area contributed by atoms with E-state index in [-0.39, 0.29) is 49.4 Å². The van der Waals surface area contributed by atoms with Crippen molar-refractivity contribution in [3.8, 4) is 5.75 Å². The molecule has 1 aromatic rings. The molecule has 1 rings (SSSR count). The normalized spacial score (nSPS) is 11.8. The second-order valence-corrected chi connectivity index (χ2v) is 21.3. The minimum Gasteiger partial charge on any atom is -0.726 e. The van der Waals surface area contributed by atoms with E-state index in [1.54, 1.807) is 0 Å². The van der Waals surface area contributed by atoms with Gasteiger partial charge in [0.05, 0.1) is 324 Å². The van der Waals surface area contributed by atoms with E-state index in [2.05, 4.69) is 35.4 Å². The van der Waals surface area contributed by atoms with Gasteiger partial charge in [0.1, 0.15) is 12.4 Å². The van der Waals surface area contributed by atoms with Crippen molar-refractivity contribution in [3.63, 3.8) is 0 Å². The molecule has 96 heavy (non-hydrogen) atoms. The zero-order valence-electron chi connectivity index (χ0n) is 58.6. The first-order valence-electron chi connectivity index (χ1n) is 34.2. The first kappa shape index (κ1) is 94.9. The van der Waals surface area contributed by atoms with Crippen molar-refractivity contribution in [1.82, 2.24) is 0 Å². The molecular weight excluding hydrogens is 1300 g/mol. The number of hydrogen-bond donors (Lipinski definition) is 0. The van der Waals surface area contributed by atoms with E-state index in [1.165, 1.54) is 50.5 Å². The Morgan fingerprint density at radius 1 is 0.240 bits per heavy atom. The smallest absolute Gasteiger partial charge is 0.726 e. The number of hydrogen-bond acceptors (Lipinski definition) is 29. The van der Waals surface area contributed by atoms with Gasteiger partial charge in [-0.05, 0) is 30.5 Å². The van der Waals surface area contributed by atoms with Crippen LogP contribution in [0, 0.1) is 0 Å². The molecule has 0 heterocycles. The third kappa shape index (κ3) is 81.9. The topological polar surface area (TPSA) is 297 Å². The standard InChI is InChI=1S/C65H124O29S.Na/c1-2-3-4-5-6-7-8-9-64-10-12-65(13-11-64)93-62-60-91-58-56-89-54-52-87-50-48-85-46-44-83-42-40-81-38-36-79-34-32-77-30-28-75-26-24-73-22-20-71-18-16-69-14-15-70-17-19-72-21-23-74-25-27-76-29-31-78-33-35-80-37-39-82-41-43-84-45-47-86-49-51-88-53-55-90-57-59-92-61-63-94-95(66,67)68;/h10-13H,2-9,14-63H2,1H3,(H,66,67,68);/q;+1/p-1. The van der Waals surface area contributed by atoms with Gasteiger partial charge in [0.2, 0.25) is 10.4 Å². The number of rotatable bonds is 85. The molecule has 31 heteroatoms. The molecule has 0 aliphatic rings. The van der Waals surface area contributed by atoms with Crippen molar-refractivity contribution in [2.45, 2.75) is 58.3 Å². The van der Waals surface area contributed by atoms with Gasteiger partial charge in [-0.25, -0.2) is 8.42 Å². The summed E-state index contributed by atoms with van der Waals surface area (Å²) in [5.41, 5.74) is 1.37. The molecule has 0 saturated carbocycles. The van der Waals surface area contributed by atoms with Crippen molar-refractivity contribution in [2.24, 2.45) is 0 Å². The number of benzene rings is 1. The fraction of sp³-hybridized carbons (Fsp3) is 0.908. The van der Waals surface area contributed by atoms with Crippen LogP contribution in [0.1, 0.15) is 57.4 Å². The van der Waals surface area contributed by atoms with Gasteiger partial charge in [0.25, 0.3) is 0 Å². The van der Waals surface area contributed by atoms with Crippen LogP contribution in [0.2, 0.25) is 0 Å². The molecule has 0 bridgehead atoms. The summed E-state index contributed by atoms with van der Waals surface area (Å²) < 4.78 is 173. The zero-order valence-corrected chi connectivity index (χ0v) is 61.4. The maximum atomic E-state index is 10.3. The van der Waals surface area contributed by atoms with Gasteiger partial charge in [-0.2, -0.15) is 0 Å². The molecule has 0 aromatic heterocycles. The molecule has 1 aromatic carbocycles. The molecule has 0 amide bonds. The molecule has 0 aliphatic carbocycles. The average Bonchev–Trinajstić information content (AvgIpc) is 2.19. The van der Waals surface area contributed by atoms with Gasteiger partial charge in [0.15, 0.2) is 0 Å². The third-order valence-electron chi connectivity index (χ3n) is 12.5. The number of aryl methyl sites for hydroxylation is 1. The maximum absolute atomic E-state index is 10.3. The first-order valence-corrected chi connectivity index (χ1v) is 35.5. The Morgan fingerprint density at radius 3 is 0.594 bits per heavy atom. The van der Waals surface area contributed by atoms with Gasteiger partial charge in [0, 0.05) is 0 Å². The summed E-state index contributed by atoms with van der Waals surface area (Å²) in [6.07, 6.45) is 10.4. The van der Waals surface area contributed by atoms with Crippen LogP contribution < -0.4 is 34.3 Å². The van der Waals surface area contributed by atoms with Crippen LogP contribution in [0.15, 0.2) is 24.3 Å². The molecule has 0 radical (unpaired) electrons. The Labute approximate surface area is 596 Å². The van der Waals surface area contributed by atoms with Crippen LogP contribution in [0.4, 0.5) is 0 Å². The fourth-order valence-corrected chi connectivity index (χ4v) is 7.88. The van der Waals surface area contributed by atoms with Crippen LogP contribution in [0.3, 0.4) is 0 Å². The van der Waals surface area contributed by atoms with E-state index in [0.29, 0.717) is 311 Å². The SMILES string of the molecule is CCCCCCCCCc1ccc(OCCOCCOCCOCCOCCOCCOCCOCCOCCOCCOCCOCCOCCOCCOCCOCCOCCOCCOCCOCCOCCOCCOCCOCCOCCOS(=O)(=O)[O-])cc1.[Na+]. The van der Waals surface area contributed by atoms with Crippen LogP contribution in [0.25, 0.3) is 0 Å². The molecule has 29 nitrogen and oxygen atoms in total. The van der Waals surface area contributed by atoms with Gasteiger partial charge in [-0.15, -0.1) is 0 Å². The van der Waals surface area contributed by atoms with Gasteiger partial charge >= 0.3 is 29.6 Å². The molecular formula is C65H123NaO29S. The predicted molar refractivity (Wildman–Crippen MR) is 349 cm³/mol. The van der Waals surface area contributed by atoms with Crippen molar-refractivity contribution in [2.75, 3.05) is 330 Å². The minimum absolute atomic E-state index is 0. The molecule has 0 atom stereocenters. The Morgan fingerprint density at radius 2 is 0.406 bits per heavy atom. The molecule has 0 unspecified atom stereocenters. The molecule has 0 N–H and O–H groups in total. The summed E-state index contributed by atoms with van der Waals surface area (Å²) in [7, 11) is -4.69. The Balaban J connectivity index is 0.0000902. The summed E-state index contributed by atoms with van der Waals surface area (Å²) in [6, 6.07) is 8.44. The monoisotopic (exact) mass is 1420 g/mol. The molecule has 0 fully saturated rings. The van der Waals surface area contributed by atoms with E-state index in [1.807, 2.05) is 0 Å². The summed E-state index contributed by atoms with van der Waals surface area (Å²) >= 11 is 0. The second kappa shape index (κ2) is 82.9. The Bertz CT molecular complexity index is 1710. The van der Waals surface area contributed by atoms with Crippen molar-refractivity contribution in [1.29, 1.82) is 0 Å². The Hall–Kier alpha value is -1.07. The summed E-state index contributed by atoms with van der Waals surface area (Å²) in [6.45, 7) is 24.3. The number of unbranched alkanes of at least 4 members (excludes halogenated alkanes) is 6. The van der Waals surface area contributed by atoms with Gasteiger partial charge < -0.3 is 123 Å². The van der Waals surface area contributed by atoms with E-state index in [9.17, 15) is 13.0 Å². The quantitative estimate of drug-likeness (QED) is 0.0383. The second-order valence-electron chi connectivity index (χ2n) is 20.3. The third-order valence-corrected chi connectivity index (χ3v) is 13.0. The van der Waals surface area contributed by atoms with E-state index in [4.69, 9.17) is 118 Å². The fourth-order valence-electron chi connectivity index (χ4n) is 7.61. The average molecular weight is 1420 g/mol. The van der Waals surface area contributed by atoms with Gasteiger partial charge in [-0.1, -0.05) is 57.6 Å². The summed E-state index contributed by atoms with van der Waals surface area (Å²) in [4.78, 5) is 0. The number of ether oxygens (including phenoxy) is 25. The largest absolute Gasteiger partial charge is 1.00 e. The Kier molecular flexibility index (Phi) is 82.0. The molecule has 0 aliphatic heterocycles. The van der Waals surface area contributed by atoms with Crippen LogP contribution in [-0.4, -0.2) is 343 Å². The molecule has 0 spiro atoms. The van der Waals surface area contributed by atoms with Crippen LogP contribution >= 0.6 is 0 Å². The predicted octanol–water partition coefficient (Wildman–Crippen LogP) is 1.24. The van der Waals surface area contributed by atoms with Crippen molar-refractivity contribution >= 4 is 10.4 Å². The van der Waals surface area contributed by atoms with Crippen LogP contribution in [0.5, 0.6) is 5.75 Å². The summed E-state index contributed by atoms with van der Waals surface area (Å²) in [5, 5.41) is 0. The maximum Gasteiger partial charge on any atom is 1.00 e. The van der Waals surface area contributed by atoms with E-state index < -0.39 is 10.4 Å². The van der Waals surface area contributed by atoms with Crippen molar-refractivity contribution in [3.05, 3.63) is 29.8 Å². The van der Waals surface area contributed by atoms with E-state index in [0.717, 1.165) is 12.2 Å². The van der Waals surface area contributed by atoms with Crippen molar-refractivity contribution < 1.29 is 165 Å². The van der Waals surface area contributed by atoms with Gasteiger partial charge in [-0.3, -0.25) is 4.18 Å². The van der Waals surface area contributed by atoms with Crippen LogP contribution in [-0.2, 0) is 135 Å². The van der Waals surface area contributed by atoms with E-state index >= 15 is 0 Å².